The Hall–Kier alpha value is -0.474. The van der Waals surface area contributed by atoms with Gasteiger partial charge in [-0.05, 0) is 6.92 Å². The molecule has 0 amide bonds. The van der Waals surface area contributed by atoms with E-state index in [2.05, 4.69) is 25.8 Å². The van der Waals surface area contributed by atoms with Crippen LogP contribution in [0.1, 0.15) is 5.56 Å². The second kappa shape index (κ2) is 8.53. The van der Waals surface area contributed by atoms with Gasteiger partial charge in [0.05, 0.1) is 0 Å². The topological polar surface area (TPSA) is 17.1 Å². The van der Waals surface area contributed by atoms with Gasteiger partial charge in [0, 0.05) is 19.8 Å². The molecule has 2 radical (unpaired) electrons. The van der Waals surface area contributed by atoms with Gasteiger partial charge in [0.2, 0.25) is 0 Å². The standard InChI is InChI=1S/C7H8.CO.Os/c1-7-5-3-2-4-6-7;1-2;/h2-6H,1H3;;. The molecule has 0 atom stereocenters. The quantitative estimate of drug-likeness (QED) is 0.711. The number of rotatable bonds is 0. The average Bonchev–Trinajstić information content (AvgIpc) is 1.94. The Morgan fingerprint density at radius 2 is 1.50 bits per heavy atom. The molecule has 0 spiro atoms. The first kappa shape index (κ1) is 12.2. The largest absolute Gasteiger partial charge is 0.281 e. The molecule has 0 saturated carbocycles. The summed E-state index contributed by atoms with van der Waals surface area (Å²) in [6, 6.07) is 10.3. The van der Waals surface area contributed by atoms with Crippen LogP contribution in [0.15, 0.2) is 30.3 Å². The van der Waals surface area contributed by atoms with Crippen molar-refractivity contribution in [2.45, 2.75) is 6.92 Å². The first-order valence-corrected chi connectivity index (χ1v) is 2.61. The minimum absolute atomic E-state index is 0. The van der Waals surface area contributed by atoms with Gasteiger partial charge in [-0.3, -0.25) is 4.79 Å². The number of hydrogen-bond donors (Lipinski definition) is 0. The van der Waals surface area contributed by atoms with E-state index in [0.717, 1.165) is 0 Å². The van der Waals surface area contributed by atoms with Crippen LogP contribution in [0.2, 0.25) is 0 Å². The molecule has 1 aromatic rings. The molecule has 1 nitrogen and oxygen atoms in total. The van der Waals surface area contributed by atoms with Gasteiger partial charge in [0.25, 0.3) is 6.79 Å². The third kappa shape index (κ3) is 5.66. The summed E-state index contributed by atoms with van der Waals surface area (Å²) in [5, 5.41) is 0. The van der Waals surface area contributed by atoms with E-state index >= 15 is 0 Å². The molecule has 0 fully saturated rings. The molecule has 0 bridgehead atoms. The van der Waals surface area contributed by atoms with Gasteiger partial charge in [-0.2, -0.15) is 0 Å². The van der Waals surface area contributed by atoms with Crippen LogP contribution in [0.25, 0.3) is 0 Å². The van der Waals surface area contributed by atoms with Crippen LogP contribution in [0.5, 0.6) is 0 Å². The number of hydrogen-bond acceptors (Lipinski definition) is 1. The molecule has 0 aliphatic rings. The summed E-state index contributed by atoms with van der Waals surface area (Å²) in [5.41, 5.74) is 1.32. The predicted molar refractivity (Wildman–Crippen MR) is 36.9 cm³/mol. The van der Waals surface area contributed by atoms with Crippen LogP contribution in [0, 0.1) is 6.92 Å². The van der Waals surface area contributed by atoms with Gasteiger partial charge < -0.3 is 0 Å². The molecule has 0 aliphatic carbocycles. The van der Waals surface area contributed by atoms with Gasteiger partial charge in [0.15, 0.2) is 0 Å². The van der Waals surface area contributed by atoms with E-state index in [9.17, 15) is 0 Å². The van der Waals surface area contributed by atoms with Crippen LogP contribution in [-0.2, 0) is 24.6 Å². The maximum Gasteiger partial charge on any atom is 0.281 e. The van der Waals surface area contributed by atoms with Crippen LogP contribution in [-0.4, -0.2) is 6.79 Å². The van der Waals surface area contributed by atoms with E-state index in [1.165, 1.54) is 5.56 Å². The SMILES string of the molecule is Cc1ccccc1.[C]=O.[Os]. The fourth-order valence-corrected chi connectivity index (χ4v) is 0.534. The molecular weight excluding hydrogens is 302 g/mol. The molecule has 0 unspecified atom stereocenters. The van der Waals surface area contributed by atoms with Gasteiger partial charge in [0.1, 0.15) is 0 Å². The summed E-state index contributed by atoms with van der Waals surface area (Å²) < 4.78 is 0. The molecule has 54 valence electrons. The van der Waals surface area contributed by atoms with Gasteiger partial charge >= 0.3 is 0 Å². The van der Waals surface area contributed by atoms with Crippen molar-refractivity contribution in [1.82, 2.24) is 0 Å². The van der Waals surface area contributed by atoms with Crippen molar-refractivity contribution in [3.63, 3.8) is 0 Å². The third-order valence-corrected chi connectivity index (χ3v) is 0.940. The Bertz CT molecular complexity index is 151. The van der Waals surface area contributed by atoms with Gasteiger partial charge in [-0.25, -0.2) is 0 Å². The van der Waals surface area contributed by atoms with E-state index < -0.39 is 0 Å². The number of aryl methyl sites for hydroxylation is 1. The number of carbonyl (C=O) groups excluding carboxylic acids is 1. The van der Waals surface area contributed by atoms with E-state index in [1.807, 2.05) is 18.2 Å². The van der Waals surface area contributed by atoms with Gasteiger partial charge in [-0.1, -0.05) is 35.9 Å². The Morgan fingerprint density at radius 1 is 1.10 bits per heavy atom. The maximum absolute atomic E-state index is 7.50. The summed E-state index contributed by atoms with van der Waals surface area (Å²) in [7, 11) is 0. The van der Waals surface area contributed by atoms with Crippen LogP contribution < -0.4 is 0 Å². The van der Waals surface area contributed by atoms with Crippen LogP contribution in [0.3, 0.4) is 0 Å². The zero-order chi connectivity index (χ0) is 7.11. The van der Waals surface area contributed by atoms with Crippen molar-refractivity contribution in [3.8, 4) is 0 Å². The molecule has 1 rings (SSSR count). The monoisotopic (exact) mass is 312 g/mol. The minimum atomic E-state index is 0. The second-order valence-corrected chi connectivity index (χ2v) is 1.65. The molecule has 0 aromatic heterocycles. The fraction of sp³-hybridized carbons (Fsp3) is 0.125. The maximum atomic E-state index is 7.50. The summed E-state index contributed by atoms with van der Waals surface area (Å²) >= 11 is 0. The van der Waals surface area contributed by atoms with Crippen molar-refractivity contribution in [2.75, 3.05) is 0 Å². The summed E-state index contributed by atoms with van der Waals surface area (Å²) in [5.74, 6) is 0. The first-order chi connectivity index (χ1) is 4.39. The Labute approximate surface area is 74.5 Å². The normalized spacial score (nSPS) is 6.50. The van der Waals surface area contributed by atoms with E-state index in [4.69, 9.17) is 4.79 Å². The van der Waals surface area contributed by atoms with Crippen LogP contribution in [0.4, 0.5) is 0 Å². The third-order valence-electron chi connectivity index (χ3n) is 0.940. The van der Waals surface area contributed by atoms with E-state index in [1.54, 1.807) is 0 Å². The molecule has 1 aromatic carbocycles. The molecular formula is C8H8OOs. The Morgan fingerprint density at radius 3 is 1.70 bits per heavy atom. The Balaban J connectivity index is 0. The average molecular weight is 310 g/mol. The smallest absolute Gasteiger partial charge is 0.281 e. The molecule has 0 heterocycles. The van der Waals surface area contributed by atoms with Crippen molar-refractivity contribution >= 4 is 6.79 Å². The molecule has 10 heavy (non-hydrogen) atoms. The Kier molecular flexibility index (Phi) is 10.4. The van der Waals surface area contributed by atoms with E-state index in [0.29, 0.717) is 0 Å². The van der Waals surface area contributed by atoms with Gasteiger partial charge in [-0.15, -0.1) is 0 Å². The summed E-state index contributed by atoms with van der Waals surface area (Å²) in [4.78, 5) is 7.50. The summed E-state index contributed by atoms with van der Waals surface area (Å²) in [6.45, 7) is 6.58. The first-order valence-electron chi connectivity index (χ1n) is 2.61. The van der Waals surface area contributed by atoms with Crippen molar-refractivity contribution in [2.24, 2.45) is 0 Å². The van der Waals surface area contributed by atoms with Crippen molar-refractivity contribution in [1.29, 1.82) is 0 Å². The van der Waals surface area contributed by atoms with E-state index in [-0.39, 0.29) is 19.8 Å². The molecule has 0 saturated heterocycles. The predicted octanol–water partition coefficient (Wildman–Crippen LogP) is 1.60. The zero-order valence-electron chi connectivity index (χ0n) is 5.65. The zero-order valence-corrected chi connectivity index (χ0v) is 8.19. The molecule has 2 heteroatoms. The molecule has 0 N–H and O–H groups in total. The minimum Gasteiger partial charge on any atom is -0.281 e. The van der Waals surface area contributed by atoms with Crippen molar-refractivity contribution < 1.29 is 24.6 Å². The summed E-state index contributed by atoms with van der Waals surface area (Å²) in [6.07, 6.45) is 0. The fourth-order valence-electron chi connectivity index (χ4n) is 0.534. The molecule has 0 aliphatic heterocycles. The number of benzene rings is 1. The van der Waals surface area contributed by atoms with Crippen molar-refractivity contribution in [3.05, 3.63) is 35.9 Å². The second-order valence-electron chi connectivity index (χ2n) is 1.65. The van der Waals surface area contributed by atoms with Crippen LogP contribution >= 0.6 is 0 Å².